The van der Waals surface area contributed by atoms with Crippen LogP contribution in [-0.4, -0.2) is 27.9 Å². The zero-order valence-electron chi connectivity index (χ0n) is 14.3. The number of thioether (sulfide) groups is 1. The number of aromatic nitrogens is 2. The minimum absolute atomic E-state index is 0.00493. The van der Waals surface area contributed by atoms with Crippen molar-refractivity contribution in [3.05, 3.63) is 16.5 Å². The topological polar surface area (TPSA) is 68.0 Å². The number of nitrogens with one attached hydrogen (secondary N) is 1. The van der Waals surface area contributed by atoms with E-state index in [1.54, 1.807) is 11.3 Å². The molecule has 1 amide bonds. The summed E-state index contributed by atoms with van der Waals surface area (Å²) in [6, 6.07) is 2.38. The Labute approximate surface area is 150 Å². The van der Waals surface area contributed by atoms with Crippen molar-refractivity contribution in [1.82, 2.24) is 15.5 Å². The Morgan fingerprint density at radius 2 is 2.38 bits per heavy atom. The number of aryl methyl sites for hydroxylation is 1. The molecule has 0 aromatic carbocycles. The number of carbonyl (C=O) groups excluding carboxylic acids is 1. The van der Waals surface area contributed by atoms with Crippen molar-refractivity contribution in [2.75, 3.05) is 5.75 Å². The lowest BCUT2D eigenvalue weighted by Gasteiger charge is -2.16. The number of fused-ring (bicyclic) bond motifs is 1. The molecule has 130 valence electrons. The molecule has 3 rings (SSSR count). The summed E-state index contributed by atoms with van der Waals surface area (Å²) in [6.07, 6.45) is 4.45. The first-order valence-electron chi connectivity index (χ1n) is 8.42. The van der Waals surface area contributed by atoms with Crippen LogP contribution < -0.4 is 5.32 Å². The number of rotatable bonds is 6. The standard InChI is InChI=1S/C17H23N3O2S2/c1-4-11(3)18-15(21)9-23-17-20-19-16(22-17)14-8-12-7-10(2)5-6-13(12)24-14/h8,10-11H,4-7,9H2,1-3H3,(H,18,21)/t10-,11+/m1/s1. The van der Waals surface area contributed by atoms with Crippen LogP contribution in [0.2, 0.25) is 0 Å². The van der Waals surface area contributed by atoms with Gasteiger partial charge in [0.05, 0.1) is 10.6 Å². The molecule has 0 bridgehead atoms. The average molecular weight is 366 g/mol. The number of hydrogen-bond donors (Lipinski definition) is 1. The van der Waals surface area contributed by atoms with Gasteiger partial charge in [0.1, 0.15) is 0 Å². The van der Waals surface area contributed by atoms with Crippen LogP contribution >= 0.6 is 23.1 Å². The Morgan fingerprint density at radius 3 is 3.17 bits per heavy atom. The van der Waals surface area contributed by atoms with Crippen LogP contribution in [0.25, 0.3) is 10.8 Å². The largest absolute Gasteiger partial charge is 0.410 e. The highest BCUT2D eigenvalue weighted by Crippen LogP contribution is 2.37. The van der Waals surface area contributed by atoms with E-state index in [2.05, 4.69) is 28.5 Å². The molecule has 0 radical (unpaired) electrons. The zero-order chi connectivity index (χ0) is 17.1. The molecule has 2 aromatic rings. The fourth-order valence-electron chi connectivity index (χ4n) is 2.72. The third-order valence-corrected chi connectivity index (χ3v) is 6.34. The van der Waals surface area contributed by atoms with E-state index in [0.717, 1.165) is 30.1 Å². The van der Waals surface area contributed by atoms with Gasteiger partial charge in [-0.25, -0.2) is 0 Å². The van der Waals surface area contributed by atoms with E-state index in [0.29, 0.717) is 16.9 Å². The summed E-state index contributed by atoms with van der Waals surface area (Å²) in [7, 11) is 0. The molecular formula is C17H23N3O2S2. The van der Waals surface area contributed by atoms with Gasteiger partial charge in [-0.15, -0.1) is 21.5 Å². The van der Waals surface area contributed by atoms with Gasteiger partial charge in [0.2, 0.25) is 5.91 Å². The zero-order valence-corrected chi connectivity index (χ0v) is 15.9. The van der Waals surface area contributed by atoms with E-state index in [4.69, 9.17) is 4.42 Å². The first-order chi connectivity index (χ1) is 11.5. The van der Waals surface area contributed by atoms with E-state index in [-0.39, 0.29) is 11.9 Å². The van der Waals surface area contributed by atoms with Crippen LogP contribution in [0.1, 0.15) is 44.1 Å². The number of thiophene rings is 1. The summed E-state index contributed by atoms with van der Waals surface area (Å²) in [6.45, 7) is 6.34. The monoisotopic (exact) mass is 365 g/mol. The molecule has 2 heterocycles. The molecule has 0 fully saturated rings. The summed E-state index contributed by atoms with van der Waals surface area (Å²) in [5.74, 6) is 1.60. The van der Waals surface area contributed by atoms with Crippen molar-refractivity contribution in [3.63, 3.8) is 0 Å². The van der Waals surface area contributed by atoms with E-state index in [9.17, 15) is 4.79 Å². The second-order valence-electron chi connectivity index (χ2n) is 6.45. The Balaban J connectivity index is 1.61. The van der Waals surface area contributed by atoms with Gasteiger partial charge in [-0.05, 0) is 50.2 Å². The van der Waals surface area contributed by atoms with E-state index >= 15 is 0 Å². The molecule has 2 atom stereocenters. The second-order valence-corrected chi connectivity index (χ2v) is 8.51. The van der Waals surface area contributed by atoms with Crippen LogP contribution in [0.5, 0.6) is 0 Å². The van der Waals surface area contributed by atoms with E-state index in [1.165, 1.54) is 28.6 Å². The molecule has 0 spiro atoms. The highest BCUT2D eigenvalue weighted by Gasteiger charge is 2.21. The Morgan fingerprint density at radius 1 is 1.54 bits per heavy atom. The third kappa shape index (κ3) is 4.19. The summed E-state index contributed by atoms with van der Waals surface area (Å²) in [5, 5.41) is 11.6. The van der Waals surface area contributed by atoms with Gasteiger partial charge in [-0.1, -0.05) is 25.6 Å². The number of nitrogens with zero attached hydrogens (tertiary/aromatic N) is 2. The lowest BCUT2D eigenvalue weighted by molar-refractivity contribution is -0.119. The highest BCUT2D eigenvalue weighted by atomic mass is 32.2. The van der Waals surface area contributed by atoms with Gasteiger partial charge in [-0.3, -0.25) is 4.79 Å². The predicted molar refractivity (Wildman–Crippen MR) is 97.4 cm³/mol. The van der Waals surface area contributed by atoms with E-state index < -0.39 is 0 Å². The SMILES string of the molecule is CC[C@H](C)NC(=O)CSc1nnc(-c2cc3c(s2)CC[C@@H](C)C3)o1. The molecule has 1 aliphatic carbocycles. The maximum Gasteiger partial charge on any atom is 0.277 e. The molecule has 7 heteroatoms. The molecule has 0 aliphatic heterocycles. The molecule has 2 aromatic heterocycles. The fraction of sp³-hybridized carbons (Fsp3) is 0.588. The molecule has 5 nitrogen and oxygen atoms in total. The minimum Gasteiger partial charge on any atom is -0.410 e. The molecular weight excluding hydrogens is 342 g/mol. The molecule has 0 unspecified atom stereocenters. The molecule has 1 N–H and O–H groups in total. The van der Waals surface area contributed by atoms with Gasteiger partial charge in [0.25, 0.3) is 11.1 Å². The number of carbonyl (C=O) groups is 1. The van der Waals surface area contributed by atoms with Crippen LogP contribution in [0.15, 0.2) is 15.7 Å². The van der Waals surface area contributed by atoms with E-state index in [1.807, 2.05) is 13.8 Å². The van der Waals surface area contributed by atoms with Gasteiger partial charge in [-0.2, -0.15) is 0 Å². The van der Waals surface area contributed by atoms with Crippen molar-refractivity contribution in [1.29, 1.82) is 0 Å². The highest BCUT2D eigenvalue weighted by molar-refractivity contribution is 7.99. The maximum absolute atomic E-state index is 11.8. The lowest BCUT2D eigenvalue weighted by atomic mass is 9.90. The Hall–Kier alpha value is -1.34. The van der Waals surface area contributed by atoms with Crippen molar-refractivity contribution in [2.45, 2.75) is 57.7 Å². The first kappa shape index (κ1) is 17.5. The van der Waals surface area contributed by atoms with Gasteiger partial charge in [0.15, 0.2) is 0 Å². The van der Waals surface area contributed by atoms with Crippen molar-refractivity contribution in [2.24, 2.45) is 5.92 Å². The summed E-state index contributed by atoms with van der Waals surface area (Å²) >= 11 is 3.04. The minimum atomic E-state index is -0.00493. The number of amides is 1. The van der Waals surface area contributed by atoms with Gasteiger partial charge < -0.3 is 9.73 Å². The van der Waals surface area contributed by atoms with Crippen LogP contribution in [0, 0.1) is 5.92 Å². The molecule has 0 saturated carbocycles. The molecule has 24 heavy (non-hydrogen) atoms. The smallest absolute Gasteiger partial charge is 0.277 e. The maximum atomic E-state index is 11.8. The summed E-state index contributed by atoms with van der Waals surface area (Å²) in [4.78, 5) is 14.3. The third-order valence-electron chi connectivity index (χ3n) is 4.29. The molecule has 0 saturated heterocycles. The second kappa shape index (κ2) is 7.70. The Kier molecular flexibility index (Phi) is 5.61. The average Bonchev–Trinajstić information content (AvgIpc) is 3.18. The number of hydrogen-bond acceptors (Lipinski definition) is 6. The first-order valence-corrected chi connectivity index (χ1v) is 10.2. The Bertz CT molecular complexity index is 711. The fourth-order valence-corrected chi connectivity index (χ4v) is 4.43. The normalized spacial score (nSPS) is 18.2. The quantitative estimate of drug-likeness (QED) is 0.786. The van der Waals surface area contributed by atoms with Crippen LogP contribution in [0.4, 0.5) is 0 Å². The lowest BCUT2D eigenvalue weighted by Crippen LogP contribution is -2.33. The van der Waals surface area contributed by atoms with Crippen molar-refractivity contribution < 1.29 is 9.21 Å². The van der Waals surface area contributed by atoms with Crippen LogP contribution in [0.3, 0.4) is 0 Å². The summed E-state index contributed by atoms with van der Waals surface area (Å²) < 4.78 is 5.73. The summed E-state index contributed by atoms with van der Waals surface area (Å²) in [5.41, 5.74) is 1.43. The van der Waals surface area contributed by atoms with Crippen molar-refractivity contribution >= 4 is 29.0 Å². The van der Waals surface area contributed by atoms with Crippen LogP contribution in [-0.2, 0) is 17.6 Å². The van der Waals surface area contributed by atoms with Gasteiger partial charge >= 0.3 is 0 Å². The van der Waals surface area contributed by atoms with Crippen molar-refractivity contribution in [3.8, 4) is 10.8 Å². The predicted octanol–water partition coefficient (Wildman–Crippen LogP) is 3.93. The van der Waals surface area contributed by atoms with Gasteiger partial charge in [0, 0.05) is 10.9 Å². The molecule has 1 aliphatic rings.